The van der Waals surface area contributed by atoms with Crippen LogP contribution < -0.4 is 9.80 Å². The quantitative estimate of drug-likeness (QED) is 0.434. The third-order valence-electron chi connectivity index (χ3n) is 7.78. The van der Waals surface area contributed by atoms with Gasteiger partial charge in [-0.2, -0.15) is 0 Å². The number of carbonyl (C=O) groups is 3. The van der Waals surface area contributed by atoms with Crippen LogP contribution in [0, 0.1) is 0 Å². The largest absolute Gasteiger partial charge is 0.363 e. The minimum Gasteiger partial charge on any atom is -0.363 e. The van der Waals surface area contributed by atoms with Gasteiger partial charge < -0.3 is 19.6 Å². The van der Waals surface area contributed by atoms with E-state index in [-0.39, 0.29) is 35.4 Å². The van der Waals surface area contributed by atoms with Gasteiger partial charge in [-0.3, -0.25) is 19.3 Å². The number of fused-ring (bicyclic) bond motifs is 1. The minimum absolute atomic E-state index is 0.138. The van der Waals surface area contributed by atoms with Crippen molar-refractivity contribution in [2.45, 2.75) is 0 Å². The van der Waals surface area contributed by atoms with Crippen molar-refractivity contribution in [1.29, 1.82) is 0 Å². The van der Waals surface area contributed by atoms with E-state index in [0.717, 1.165) is 0 Å². The number of likely N-dealkylation sites (N-methyl/N-ethyl adjacent to an activating group) is 1. The lowest BCUT2D eigenvalue weighted by Gasteiger charge is -2.40. The lowest BCUT2D eigenvalue weighted by atomic mass is 9.89. The molecule has 0 bridgehead atoms. The second-order valence-corrected chi connectivity index (χ2v) is 10.2. The van der Waals surface area contributed by atoms with Crippen LogP contribution in [0.25, 0.3) is 0 Å². The van der Waals surface area contributed by atoms with Gasteiger partial charge in [0.15, 0.2) is 0 Å². The zero-order valence-corrected chi connectivity index (χ0v) is 22.9. The SMILES string of the molecule is CN(C(=O)CN1CCN(c2ncccn2)CC1)C1=C(N2CCN(c3ncccn3)CC2)C(=O)c2ccccc2C1=O. The number of ketones is 2. The van der Waals surface area contributed by atoms with Gasteiger partial charge in [-0.15, -0.1) is 0 Å². The van der Waals surface area contributed by atoms with Crippen molar-refractivity contribution >= 4 is 29.4 Å². The molecule has 0 saturated carbocycles. The third kappa shape index (κ3) is 5.25. The fourth-order valence-corrected chi connectivity index (χ4v) is 5.52. The monoisotopic (exact) mass is 553 g/mol. The average Bonchev–Trinajstić information content (AvgIpc) is 3.03. The molecule has 0 atom stereocenters. The maximum Gasteiger partial charge on any atom is 0.241 e. The summed E-state index contributed by atoms with van der Waals surface area (Å²) in [6, 6.07) is 10.4. The first-order valence-corrected chi connectivity index (χ1v) is 13.7. The van der Waals surface area contributed by atoms with Crippen molar-refractivity contribution in [1.82, 2.24) is 34.6 Å². The molecule has 12 heteroatoms. The lowest BCUT2D eigenvalue weighted by molar-refractivity contribution is -0.129. The predicted octanol–water partition coefficient (Wildman–Crippen LogP) is 0.960. The first-order chi connectivity index (χ1) is 20.0. The van der Waals surface area contributed by atoms with Crippen molar-refractivity contribution in [3.8, 4) is 0 Å². The van der Waals surface area contributed by atoms with Gasteiger partial charge in [0.1, 0.15) is 11.4 Å². The summed E-state index contributed by atoms with van der Waals surface area (Å²) in [5.74, 6) is 0.513. The molecule has 3 aliphatic rings. The molecule has 1 aliphatic carbocycles. The summed E-state index contributed by atoms with van der Waals surface area (Å²) in [6.45, 7) is 4.97. The number of Topliss-reactive ketones (excluding diaryl/α,β-unsaturated/α-hetero) is 2. The molecule has 210 valence electrons. The molecule has 12 nitrogen and oxygen atoms in total. The van der Waals surface area contributed by atoms with Gasteiger partial charge in [-0.05, 0) is 12.1 Å². The second-order valence-electron chi connectivity index (χ2n) is 10.2. The summed E-state index contributed by atoms with van der Waals surface area (Å²) in [5, 5.41) is 0. The van der Waals surface area contributed by atoms with Gasteiger partial charge in [-0.25, -0.2) is 19.9 Å². The number of carbonyl (C=O) groups excluding carboxylic acids is 3. The van der Waals surface area contributed by atoms with Gasteiger partial charge in [-0.1, -0.05) is 24.3 Å². The molecule has 2 aliphatic heterocycles. The lowest BCUT2D eigenvalue weighted by Crippen LogP contribution is -2.52. The van der Waals surface area contributed by atoms with E-state index in [4.69, 9.17) is 0 Å². The molecule has 0 unspecified atom stereocenters. The van der Waals surface area contributed by atoms with Crippen LogP contribution in [0.3, 0.4) is 0 Å². The molecule has 0 N–H and O–H groups in total. The standard InChI is InChI=1S/C29H31N9O3/c1-34(23(39)20-35-12-14-37(15-13-35)28-30-8-4-9-31-28)24-25(27(41)22-7-3-2-6-21(22)26(24)40)36-16-18-38(19-17-36)29-32-10-5-11-33-29/h2-11H,12-20H2,1H3. The van der Waals surface area contributed by atoms with Crippen molar-refractivity contribution < 1.29 is 14.4 Å². The molecule has 2 saturated heterocycles. The van der Waals surface area contributed by atoms with Crippen LogP contribution in [0.5, 0.6) is 0 Å². The van der Waals surface area contributed by atoms with Gasteiger partial charge in [0.25, 0.3) is 0 Å². The maximum absolute atomic E-state index is 13.9. The zero-order valence-electron chi connectivity index (χ0n) is 22.9. The number of rotatable bonds is 6. The normalized spacial score (nSPS) is 18.0. The summed E-state index contributed by atoms with van der Waals surface area (Å²) < 4.78 is 0. The van der Waals surface area contributed by atoms with E-state index in [1.807, 2.05) is 4.90 Å². The predicted molar refractivity (Wildman–Crippen MR) is 151 cm³/mol. The van der Waals surface area contributed by atoms with E-state index in [9.17, 15) is 14.4 Å². The summed E-state index contributed by atoms with van der Waals surface area (Å²) in [7, 11) is 1.60. The van der Waals surface area contributed by atoms with Crippen molar-refractivity contribution in [2.24, 2.45) is 0 Å². The Bertz CT molecular complexity index is 1470. The highest BCUT2D eigenvalue weighted by atomic mass is 16.2. The Morgan fingerprint density at radius 1 is 0.683 bits per heavy atom. The Morgan fingerprint density at radius 3 is 1.68 bits per heavy atom. The number of amides is 1. The number of benzene rings is 1. The van der Waals surface area contributed by atoms with Gasteiger partial charge in [0, 0.05) is 95.3 Å². The highest BCUT2D eigenvalue weighted by molar-refractivity contribution is 6.27. The number of nitrogens with zero attached hydrogens (tertiary/aromatic N) is 9. The van der Waals surface area contributed by atoms with E-state index in [1.54, 1.807) is 68.2 Å². The molecule has 0 radical (unpaired) electrons. The number of hydrogen-bond acceptors (Lipinski definition) is 11. The first kappa shape index (κ1) is 26.5. The molecule has 1 aromatic carbocycles. The molecule has 0 spiro atoms. The van der Waals surface area contributed by atoms with Crippen LogP contribution in [0.4, 0.5) is 11.9 Å². The third-order valence-corrected chi connectivity index (χ3v) is 7.78. The van der Waals surface area contributed by atoms with Crippen LogP contribution in [0.1, 0.15) is 20.7 Å². The van der Waals surface area contributed by atoms with E-state index in [1.165, 1.54) is 4.90 Å². The van der Waals surface area contributed by atoms with Gasteiger partial charge in [0.05, 0.1) is 6.54 Å². The Labute approximate surface area is 237 Å². The maximum atomic E-state index is 13.9. The second kappa shape index (κ2) is 11.4. The highest BCUT2D eigenvalue weighted by Gasteiger charge is 2.39. The fourth-order valence-electron chi connectivity index (χ4n) is 5.52. The number of anilines is 2. The molecule has 4 heterocycles. The van der Waals surface area contributed by atoms with E-state index in [0.29, 0.717) is 75.4 Å². The number of allylic oxidation sites excluding steroid dienone is 2. The van der Waals surface area contributed by atoms with Crippen molar-refractivity contribution in [3.63, 3.8) is 0 Å². The summed E-state index contributed by atoms with van der Waals surface area (Å²) in [5.41, 5.74) is 1.11. The summed E-state index contributed by atoms with van der Waals surface area (Å²) in [6.07, 6.45) is 6.83. The summed E-state index contributed by atoms with van der Waals surface area (Å²) in [4.78, 5) is 68.1. The molecule has 2 aromatic heterocycles. The van der Waals surface area contributed by atoms with Crippen LogP contribution in [-0.4, -0.2) is 118 Å². The summed E-state index contributed by atoms with van der Waals surface area (Å²) >= 11 is 0. The fraction of sp³-hybridized carbons (Fsp3) is 0.345. The van der Waals surface area contributed by atoms with Crippen LogP contribution in [-0.2, 0) is 4.79 Å². The number of piperazine rings is 2. The molecule has 41 heavy (non-hydrogen) atoms. The van der Waals surface area contributed by atoms with E-state index < -0.39 is 0 Å². The molecule has 1 amide bonds. The van der Waals surface area contributed by atoms with E-state index >= 15 is 0 Å². The van der Waals surface area contributed by atoms with Crippen LogP contribution in [0.2, 0.25) is 0 Å². The number of hydrogen-bond donors (Lipinski definition) is 0. The average molecular weight is 554 g/mol. The Morgan fingerprint density at radius 2 is 1.15 bits per heavy atom. The Balaban J connectivity index is 1.21. The molecular weight excluding hydrogens is 522 g/mol. The Hall–Kier alpha value is -4.71. The van der Waals surface area contributed by atoms with Crippen molar-refractivity contribution in [2.75, 3.05) is 75.8 Å². The van der Waals surface area contributed by atoms with Crippen molar-refractivity contribution in [3.05, 3.63) is 83.7 Å². The Kier molecular flexibility index (Phi) is 7.38. The first-order valence-electron chi connectivity index (χ1n) is 13.7. The number of aromatic nitrogens is 4. The van der Waals surface area contributed by atoms with E-state index in [2.05, 4.69) is 34.6 Å². The molecule has 2 fully saturated rings. The smallest absolute Gasteiger partial charge is 0.241 e. The van der Waals surface area contributed by atoms with Crippen LogP contribution >= 0.6 is 0 Å². The molecule has 3 aromatic rings. The van der Waals surface area contributed by atoms with Crippen LogP contribution in [0.15, 0.2) is 72.6 Å². The molecular formula is C29H31N9O3. The van der Waals surface area contributed by atoms with Gasteiger partial charge in [0.2, 0.25) is 29.4 Å². The zero-order chi connectivity index (χ0) is 28.3. The minimum atomic E-state index is -0.314. The topological polar surface area (TPSA) is 119 Å². The van der Waals surface area contributed by atoms with Gasteiger partial charge >= 0.3 is 0 Å². The highest BCUT2D eigenvalue weighted by Crippen LogP contribution is 2.31. The molecule has 6 rings (SSSR count).